The largest absolute Gasteiger partial charge is 0.469 e. The molecule has 0 saturated carbocycles. The molecule has 1 aromatic heterocycles. The fraction of sp³-hybridized carbons (Fsp3) is 0.462. The maximum absolute atomic E-state index is 12.0. The molecule has 18 heavy (non-hydrogen) atoms. The zero-order valence-corrected chi connectivity index (χ0v) is 11.0. The zero-order chi connectivity index (χ0) is 13.9. The van der Waals surface area contributed by atoms with E-state index in [4.69, 9.17) is 10.00 Å². The van der Waals surface area contributed by atoms with Gasteiger partial charge in [0.25, 0.3) is 5.56 Å². The van der Waals surface area contributed by atoms with E-state index in [1.807, 2.05) is 6.07 Å². The number of carbonyl (C=O) groups excluding carboxylic acids is 1. The lowest BCUT2D eigenvalue weighted by molar-refractivity contribution is -0.151. The molecule has 0 aliphatic carbocycles. The van der Waals surface area contributed by atoms with E-state index in [0.29, 0.717) is 5.69 Å². The molecule has 0 amide bonds. The van der Waals surface area contributed by atoms with E-state index in [1.54, 1.807) is 26.8 Å². The lowest BCUT2D eigenvalue weighted by atomic mass is 9.93. The van der Waals surface area contributed by atoms with E-state index >= 15 is 0 Å². The molecule has 1 heterocycles. The molecule has 0 aliphatic heterocycles. The minimum atomic E-state index is -0.822. The summed E-state index contributed by atoms with van der Waals surface area (Å²) < 4.78 is 6.13. The first-order valence-electron chi connectivity index (χ1n) is 5.52. The predicted molar refractivity (Wildman–Crippen MR) is 66.0 cm³/mol. The normalized spacial score (nSPS) is 10.8. The first-order valence-corrected chi connectivity index (χ1v) is 5.52. The molecular formula is C13H16N2O3. The molecule has 5 nitrogen and oxygen atoms in total. The van der Waals surface area contributed by atoms with Crippen molar-refractivity contribution in [2.24, 2.45) is 5.41 Å². The van der Waals surface area contributed by atoms with Gasteiger partial charge in [-0.1, -0.05) is 0 Å². The summed E-state index contributed by atoms with van der Waals surface area (Å²) in [5, 5.41) is 8.83. The first kappa shape index (κ1) is 14.0. The summed E-state index contributed by atoms with van der Waals surface area (Å²) in [6, 6.07) is 5.02. The van der Waals surface area contributed by atoms with Gasteiger partial charge in [-0.3, -0.25) is 9.59 Å². The standard InChI is InChI=1S/C13H16N2O3/c1-9-5-6-10(7-14)11(16)15(9)8-13(2,3)12(17)18-4/h5-6H,8H2,1-4H3. The Morgan fingerprint density at radius 1 is 1.50 bits per heavy atom. The van der Waals surface area contributed by atoms with Crippen LogP contribution in [0.3, 0.4) is 0 Å². The maximum atomic E-state index is 12.0. The number of ether oxygens (including phenoxy) is 1. The fourth-order valence-electron chi connectivity index (χ4n) is 1.69. The van der Waals surface area contributed by atoms with Crippen LogP contribution in [-0.4, -0.2) is 17.6 Å². The highest BCUT2D eigenvalue weighted by Gasteiger charge is 2.30. The van der Waals surface area contributed by atoms with Crippen LogP contribution in [0.25, 0.3) is 0 Å². The molecule has 0 fully saturated rings. The Morgan fingerprint density at radius 3 is 2.61 bits per heavy atom. The number of methoxy groups -OCH3 is 1. The van der Waals surface area contributed by atoms with Gasteiger partial charge in [-0.25, -0.2) is 0 Å². The number of nitriles is 1. The van der Waals surface area contributed by atoms with Gasteiger partial charge < -0.3 is 9.30 Å². The van der Waals surface area contributed by atoms with Gasteiger partial charge in [0, 0.05) is 12.2 Å². The summed E-state index contributed by atoms with van der Waals surface area (Å²) in [5.74, 6) is -0.392. The molecule has 0 spiro atoms. The number of aromatic nitrogens is 1. The van der Waals surface area contributed by atoms with E-state index in [2.05, 4.69) is 0 Å². The highest BCUT2D eigenvalue weighted by Crippen LogP contribution is 2.20. The molecule has 1 aromatic rings. The third-order valence-electron chi connectivity index (χ3n) is 2.80. The van der Waals surface area contributed by atoms with Crippen LogP contribution in [-0.2, 0) is 16.1 Å². The number of carbonyl (C=O) groups is 1. The molecule has 0 unspecified atom stereocenters. The van der Waals surface area contributed by atoms with Crippen molar-refractivity contribution >= 4 is 5.97 Å². The molecular weight excluding hydrogens is 232 g/mol. The van der Waals surface area contributed by atoms with E-state index in [1.165, 1.54) is 17.7 Å². The van der Waals surface area contributed by atoms with Crippen molar-refractivity contribution in [2.75, 3.05) is 7.11 Å². The van der Waals surface area contributed by atoms with Crippen LogP contribution in [0.5, 0.6) is 0 Å². The minimum Gasteiger partial charge on any atom is -0.469 e. The molecule has 0 aromatic carbocycles. The molecule has 1 rings (SSSR count). The monoisotopic (exact) mass is 248 g/mol. The number of pyridine rings is 1. The van der Waals surface area contributed by atoms with Crippen LogP contribution in [0.4, 0.5) is 0 Å². The van der Waals surface area contributed by atoms with Crippen LogP contribution in [0.15, 0.2) is 16.9 Å². The predicted octanol–water partition coefficient (Wildman–Crippen LogP) is 1.23. The van der Waals surface area contributed by atoms with Crippen molar-refractivity contribution in [1.29, 1.82) is 5.26 Å². The summed E-state index contributed by atoms with van der Waals surface area (Å²) in [4.78, 5) is 23.6. The van der Waals surface area contributed by atoms with Crippen molar-refractivity contribution in [3.63, 3.8) is 0 Å². The van der Waals surface area contributed by atoms with Crippen molar-refractivity contribution in [3.05, 3.63) is 33.7 Å². The number of esters is 1. The maximum Gasteiger partial charge on any atom is 0.313 e. The number of hydrogen-bond donors (Lipinski definition) is 0. The van der Waals surface area contributed by atoms with E-state index in [-0.39, 0.29) is 17.7 Å². The average molecular weight is 248 g/mol. The molecule has 0 N–H and O–H groups in total. The number of hydrogen-bond acceptors (Lipinski definition) is 4. The molecule has 0 aliphatic rings. The molecule has 0 radical (unpaired) electrons. The highest BCUT2D eigenvalue weighted by atomic mass is 16.5. The summed E-state index contributed by atoms with van der Waals surface area (Å²) in [7, 11) is 1.31. The van der Waals surface area contributed by atoms with Gasteiger partial charge in [-0.2, -0.15) is 5.26 Å². The van der Waals surface area contributed by atoms with E-state index < -0.39 is 11.4 Å². The van der Waals surface area contributed by atoms with Crippen molar-refractivity contribution < 1.29 is 9.53 Å². The number of rotatable bonds is 3. The smallest absolute Gasteiger partial charge is 0.313 e. The van der Waals surface area contributed by atoms with Gasteiger partial charge in [0.15, 0.2) is 0 Å². The van der Waals surface area contributed by atoms with Crippen LogP contribution in [0, 0.1) is 23.7 Å². The lowest BCUT2D eigenvalue weighted by Gasteiger charge is -2.23. The van der Waals surface area contributed by atoms with E-state index in [0.717, 1.165) is 0 Å². The van der Waals surface area contributed by atoms with Crippen molar-refractivity contribution in [1.82, 2.24) is 4.57 Å². The Kier molecular flexibility index (Phi) is 3.92. The fourth-order valence-corrected chi connectivity index (χ4v) is 1.69. The molecule has 5 heteroatoms. The third-order valence-corrected chi connectivity index (χ3v) is 2.80. The zero-order valence-electron chi connectivity index (χ0n) is 11.0. The van der Waals surface area contributed by atoms with Gasteiger partial charge in [0.1, 0.15) is 11.6 Å². The molecule has 96 valence electrons. The van der Waals surface area contributed by atoms with Crippen LogP contribution in [0.2, 0.25) is 0 Å². The van der Waals surface area contributed by atoms with Crippen LogP contribution >= 0.6 is 0 Å². The molecule has 0 bridgehead atoms. The van der Waals surface area contributed by atoms with Crippen LogP contribution in [0.1, 0.15) is 25.1 Å². The Morgan fingerprint density at radius 2 is 2.11 bits per heavy atom. The van der Waals surface area contributed by atoms with Gasteiger partial charge in [0.05, 0.1) is 12.5 Å². The third kappa shape index (κ3) is 2.59. The Hall–Kier alpha value is -2.09. The second-order valence-corrected chi connectivity index (χ2v) is 4.77. The Labute approximate surface area is 106 Å². The van der Waals surface area contributed by atoms with Gasteiger partial charge in [-0.05, 0) is 32.9 Å². The molecule has 0 atom stereocenters. The first-order chi connectivity index (χ1) is 8.33. The topological polar surface area (TPSA) is 72.1 Å². The van der Waals surface area contributed by atoms with Crippen molar-refractivity contribution in [2.45, 2.75) is 27.3 Å². The second-order valence-electron chi connectivity index (χ2n) is 4.77. The average Bonchev–Trinajstić information content (AvgIpc) is 2.33. The van der Waals surface area contributed by atoms with Crippen LogP contribution < -0.4 is 5.56 Å². The summed E-state index contributed by atoms with van der Waals surface area (Å²) in [6.07, 6.45) is 0. The van der Waals surface area contributed by atoms with Gasteiger partial charge >= 0.3 is 5.97 Å². The lowest BCUT2D eigenvalue weighted by Crippen LogP contribution is -2.36. The Balaban J connectivity index is 3.25. The minimum absolute atomic E-state index is 0.0706. The second kappa shape index (κ2) is 5.05. The summed E-state index contributed by atoms with van der Waals surface area (Å²) in [6.45, 7) is 5.34. The quantitative estimate of drug-likeness (QED) is 0.754. The summed E-state index contributed by atoms with van der Waals surface area (Å²) in [5.41, 5.74) is -0.427. The summed E-state index contributed by atoms with van der Waals surface area (Å²) >= 11 is 0. The molecule has 0 saturated heterocycles. The number of aryl methyl sites for hydroxylation is 1. The van der Waals surface area contributed by atoms with Crippen molar-refractivity contribution in [3.8, 4) is 6.07 Å². The number of nitrogens with zero attached hydrogens (tertiary/aromatic N) is 2. The SMILES string of the molecule is COC(=O)C(C)(C)Cn1c(C)ccc(C#N)c1=O. The van der Waals surface area contributed by atoms with E-state index in [9.17, 15) is 9.59 Å². The Bertz CT molecular complexity index is 565. The van der Waals surface area contributed by atoms with Gasteiger partial charge in [-0.15, -0.1) is 0 Å². The highest BCUT2D eigenvalue weighted by molar-refractivity contribution is 5.75. The van der Waals surface area contributed by atoms with Gasteiger partial charge in [0.2, 0.25) is 0 Å².